The Hall–Kier alpha value is -1.12. The van der Waals surface area contributed by atoms with Crippen LogP contribution in [0.2, 0.25) is 0 Å². The molecule has 1 unspecified atom stereocenters. The molecule has 2 heteroatoms. The Balaban J connectivity index is 2.13. The molecule has 1 atom stereocenters. The lowest BCUT2D eigenvalue weighted by atomic mass is 10.2. The second-order valence-electron chi connectivity index (χ2n) is 3.43. The van der Waals surface area contributed by atoms with Gasteiger partial charge < -0.3 is 9.47 Å². The lowest BCUT2D eigenvalue weighted by Crippen LogP contribution is -2.15. The van der Waals surface area contributed by atoms with Crippen LogP contribution in [-0.2, 0) is 16.1 Å². The van der Waals surface area contributed by atoms with Crippen LogP contribution in [0.4, 0.5) is 0 Å². The molecule has 0 amide bonds. The summed E-state index contributed by atoms with van der Waals surface area (Å²) in [6, 6.07) is 10.1. The highest BCUT2D eigenvalue weighted by molar-refractivity contribution is 5.13. The first kappa shape index (κ1) is 12.0. The molecule has 0 heterocycles. The molecule has 0 aliphatic heterocycles. The summed E-state index contributed by atoms with van der Waals surface area (Å²) < 4.78 is 10.9. The van der Waals surface area contributed by atoms with Crippen molar-refractivity contribution < 1.29 is 9.47 Å². The van der Waals surface area contributed by atoms with Gasteiger partial charge in [0.1, 0.15) is 0 Å². The van der Waals surface area contributed by atoms with Crippen LogP contribution in [0.1, 0.15) is 12.5 Å². The van der Waals surface area contributed by atoms with Crippen LogP contribution in [0.5, 0.6) is 0 Å². The van der Waals surface area contributed by atoms with Crippen LogP contribution in [0.3, 0.4) is 0 Å². The predicted molar refractivity (Wildman–Crippen MR) is 61.7 cm³/mol. The summed E-state index contributed by atoms with van der Waals surface area (Å²) in [6.45, 7) is 7.42. The first-order valence-corrected chi connectivity index (χ1v) is 5.17. The molecule has 0 N–H and O–H groups in total. The quantitative estimate of drug-likeness (QED) is 0.639. The van der Waals surface area contributed by atoms with Gasteiger partial charge >= 0.3 is 0 Å². The van der Waals surface area contributed by atoms with Gasteiger partial charge in [-0.3, -0.25) is 0 Å². The van der Waals surface area contributed by atoms with E-state index in [2.05, 4.69) is 18.7 Å². The summed E-state index contributed by atoms with van der Waals surface area (Å²) in [7, 11) is 0. The highest BCUT2D eigenvalue weighted by Gasteiger charge is 2.00. The van der Waals surface area contributed by atoms with Crippen molar-refractivity contribution in [2.45, 2.75) is 19.6 Å². The van der Waals surface area contributed by atoms with E-state index < -0.39 is 0 Å². The summed E-state index contributed by atoms with van der Waals surface area (Å²) in [5.74, 6) is 0. The van der Waals surface area contributed by atoms with E-state index in [0.29, 0.717) is 19.8 Å². The van der Waals surface area contributed by atoms with Crippen LogP contribution in [0.25, 0.3) is 0 Å². The Morgan fingerprint density at radius 2 is 2.07 bits per heavy atom. The van der Waals surface area contributed by atoms with E-state index in [1.54, 1.807) is 6.08 Å². The van der Waals surface area contributed by atoms with Gasteiger partial charge in [-0.1, -0.05) is 36.4 Å². The smallest absolute Gasteiger partial charge is 0.0784 e. The first-order valence-electron chi connectivity index (χ1n) is 5.17. The van der Waals surface area contributed by atoms with Crippen LogP contribution in [0, 0.1) is 0 Å². The maximum Gasteiger partial charge on any atom is 0.0784 e. The van der Waals surface area contributed by atoms with Gasteiger partial charge in [0.05, 0.1) is 25.9 Å². The predicted octanol–water partition coefficient (Wildman–Crippen LogP) is 2.79. The largest absolute Gasteiger partial charge is 0.374 e. The molecule has 1 aromatic rings. The molecule has 0 fully saturated rings. The molecule has 0 saturated carbocycles. The van der Waals surface area contributed by atoms with E-state index in [1.807, 2.05) is 25.1 Å². The van der Waals surface area contributed by atoms with Gasteiger partial charge in [-0.15, -0.1) is 6.58 Å². The summed E-state index contributed by atoms with van der Waals surface area (Å²) in [5.41, 5.74) is 1.19. The summed E-state index contributed by atoms with van der Waals surface area (Å²) in [4.78, 5) is 0. The van der Waals surface area contributed by atoms with E-state index in [-0.39, 0.29) is 6.10 Å². The first-order chi connectivity index (χ1) is 7.33. The standard InChI is InChI=1S/C13H18O2/c1-3-9-15-12(2)10-14-11-13-7-5-4-6-8-13/h3-8,12H,1,9-11H2,2H3. The topological polar surface area (TPSA) is 18.5 Å². The second-order valence-corrected chi connectivity index (χ2v) is 3.43. The zero-order valence-electron chi connectivity index (χ0n) is 9.19. The van der Waals surface area contributed by atoms with Gasteiger partial charge in [-0.25, -0.2) is 0 Å². The lowest BCUT2D eigenvalue weighted by Gasteiger charge is -2.11. The monoisotopic (exact) mass is 206 g/mol. The van der Waals surface area contributed by atoms with Gasteiger partial charge in [0, 0.05) is 0 Å². The number of rotatable bonds is 7. The highest BCUT2D eigenvalue weighted by Crippen LogP contribution is 2.01. The molecule has 0 bridgehead atoms. The molecule has 0 spiro atoms. The Labute approximate surface area is 91.5 Å². The van der Waals surface area contributed by atoms with Gasteiger partial charge in [-0.05, 0) is 12.5 Å². The van der Waals surface area contributed by atoms with Crippen LogP contribution < -0.4 is 0 Å². The molecule has 15 heavy (non-hydrogen) atoms. The van der Waals surface area contributed by atoms with Crippen molar-refractivity contribution in [2.24, 2.45) is 0 Å². The highest BCUT2D eigenvalue weighted by atomic mass is 16.5. The molecule has 1 aromatic carbocycles. The molecule has 0 aromatic heterocycles. The molecule has 2 nitrogen and oxygen atoms in total. The van der Waals surface area contributed by atoms with Gasteiger partial charge in [0.2, 0.25) is 0 Å². The number of hydrogen-bond acceptors (Lipinski definition) is 2. The van der Waals surface area contributed by atoms with Crippen molar-refractivity contribution in [2.75, 3.05) is 13.2 Å². The minimum Gasteiger partial charge on any atom is -0.374 e. The van der Waals surface area contributed by atoms with E-state index >= 15 is 0 Å². The zero-order valence-corrected chi connectivity index (χ0v) is 9.19. The van der Waals surface area contributed by atoms with Crippen molar-refractivity contribution in [3.63, 3.8) is 0 Å². The molecular weight excluding hydrogens is 188 g/mol. The third kappa shape index (κ3) is 5.35. The molecule has 0 saturated heterocycles. The Bertz CT molecular complexity index is 269. The maximum absolute atomic E-state index is 5.52. The summed E-state index contributed by atoms with van der Waals surface area (Å²) in [5, 5.41) is 0. The van der Waals surface area contributed by atoms with Gasteiger partial charge in [-0.2, -0.15) is 0 Å². The fourth-order valence-corrected chi connectivity index (χ4v) is 1.20. The Morgan fingerprint density at radius 1 is 1.33 bits per heavy atom. The summed E-state index contributed by atoms with van der Waals surface area (Å²) in [6.07, 6.45) is 1.86. The molecule has 1 rings (SSSR count). The van der Waals surface area contributed by atoms with Crippen molar-refractivity contribution >= 4 is 0 Å². The molecule has 0 aliphatic rings. The van der Waals surface area contributed by atoms with Crippen molar-refractivity contribution in [3.05, 3.63) is 48.6 Å². The maximum atomic E-state index is 5.52. The van der Waals surface area contributed by atoms with Crippen LogP contribution in [-0.4, -0.2) is 19.3 Å². The third-order valence-corrected chi connectivity index (χ3v) is 1.96. The molecule has 0 radical (unpaired) electrons. The minimum atomic E-state index is 0.117. The van der Waals surface area contributed by atoms with Crippen molar-refractivity contribution in [1.29, 1.82) is 0 Å². The minimum absolute atomic E-state index is 0.117. The average Bonchev–Trinajstić information content (AvgIpc) is 2.28. The number of ether oxygens (including phenoxy) is 2. The summed E-state index contributed by atoms with van der Waals surface area (Å²) >= 11 is 0. The Kier molecular flexibility index (Phi) is 5.74. The van der Waals surface area contributed by atoms with Crippen LogP contribution >= 0.6 is 0 Å². The lowest BCUT2D eigenvalue weighted by molar-refractivity contribution is -0.00145. The Morgan fingerprint density at radius 3 is 2.73 bits per heavy atom. The van der Waals surface area contributed by atoms with Crippen molar-refractivity contribution in [1.82, 2.24) is 0 Å². The molecule has 82 valence electrons. The fraction of sp³-hybridized carbons (Fsp3) is 0.385. The van der Waals surface area contributed by atoms with E-state index in [4.69, 9.17) is 9.47 Å². The fourth-order valence-electron chi connectivity index (χ4n) is 1.20. The second kappa shape index (κ2) is 7.21. The third-order valence-electron chi connectivity index (χ3n) is 1.96. The van der Waals surface area contributed by atoms with Gasteiger partial charge in [0.25, 0.3) is 0 Å². The SMILES string of the molecule is C=CCOC(C)COCc1ccccc1. The van der Waals surface area contributed by atoms with Crippen molar-refractivity contribution in [3.8, 4) is 0 Å². The number of hydrogen-bond donors (Lipinski definition) is 0. The number of benzene rings is 1. The average molecular weight is 206 g/mol. The normalized spacial score (nSPS) is 12.3. The van der Waals surface area contributed by atoms with E-state index in [9.17, 15) is 0 Å². The van der Waals surface area contributed by atoms with E-state index in [0.717, 1.165) is 0 Å². The molecule has 0 aliphatic carbocycles. The molecular formula is C13H18O2. The van der Waals surface area contributed by atoms with Crippen LogP contribution in [0.15, 0.2) is 43.0 Å². The zero-order chi connectivity index (χ0) is 10.9. The van der Waals surface area contributed by atoms with Gasteiger partial charge in [0.15, 0.2) is 0 Å². The van der Waals surface area contributed by atoms with E-state index in [1.165, 1.54) is 5.56 Å².